The highest BCUT2D eigenvalue weighted by Gasteiger charge is 2.37. The van der Waals surface area contributed by atoms with Crippen molar-refractivity contribution in [2.24, 2.45) is 0 Å². The second-order valence-corrected chi connectivity index (χ2v) is 8.54. The first-order valence-electron chi connectivity index (χ1n) is 7.37. The van der Waals surface area contributed by atoms with Crippen LogP contribution in [0.25, 0.3) is 0 Å². The first kappa shape index (κ1) is 20.1. The third-order valence-corrected chi connectivity index (χ3v) is 4.24. The number of carbonyl (C=O) groups excluding carboxylic acids is 1. The van der Waals surface area contributed by atoms with Crippen LogP contribution in [0, 0.1) is 6.92 Å². The van der Waals surface area contributed by atoms with Crippen molar-refractivity contribution < 1.29 is 9.53 Å². The second-order valence-electron chi connectivity index (χ2n) is 4.94. The van der Waals surface area contributed by atoms with Crippen molar-refractivity contribution in [1.82, 2.24) is 15.3 Å². The number of benzene rings is 1. The van der Waals surface area contributed by atoms with Gasteiger partial charge in [0.05, 0.1) is 0 Å². The summed E-state index contributed by atoms with van der Waals surface area (Å²) in [5, 5.41) is 3.12. The van der Waals surface area contributed by atoms with Gasteiger partial charge in [0.1, 0.15) is 0 Å². The Morgan fingerprint density at radius 1 is 1.28 bits per heavy atom. The Morgan fingerprint density at radius 3 is 2.56 bits per heavy atom. The fourth-order valence-corrected chi connectivity index (χ4v) is 2.78. The van der Waals surface area contributed by atoms with Crippen LogP contribution in [0.3, 0.4) is 0 Å². The van der Waals surface area contributed by atoms with E-state index < -0.39 is 15.9 Å². The van der Waals surface area contributed by atoms with Crippen LogP contribution in [0.1, 0.15) is 23.0 Å². The van der Waals surface area contributed by atoms with Gasteiger partial charge in [-0.05, 0) is 24.8 Å². The highest BCUT2D eigenvalue weighted by molar-refractivity contribution is 7.99. The predicted molar refractivity (Wildman–Crippen MR) is 102 cm³/mol. The van der Waals surface area contributed by atoms with E-state index in [0.29, 0.717) is 16.4 Å². The Hall–Kier alpha value is -1.21. The molecular weight excluding hydrogens is 405 g/mol. The Balaban J connectivity index is 2.20. The molecule has 0 aliphatic heterocycles. The average Bonchev–Trinajstić information content (AvgIpc) is 2.54. The maximum absolute atomic E-state index is 12.3. The van der Waals surface area contributed by atoms with E-state index in [0.717, 1.165) is 5.75 Å². The summed E-state index contributed by atoms with van der Waals surface area (Å²) in [6.07, 6.45) is -1.22. The van der Waals surface area contributed by atoms with E-state index in [1.54, 1.807) is 43.3 Å². The second kappa shape index (κ2) is 8.94. The van der Waals surface area contributed by atoms with Gasteiger partial charge in [0.2, 0.25) is 15.9 Å². The molecule has 0 saturated heterocycles. The predicted octanol–water partition coefficient (Wildman–Crippen LogP) is 4.40. The summed E-state index contributed by atoms with van der Waals surface area (Å²) < 4.78 is 3.76. The fraction of sp³-hybridized carbons (Fsp3) is 0.312. The summed E-state index contributed by atoms with van der Waals surface area (Å²) in [4.78, 5) is 20.9. The van der Waals surface area contributed by atoms with E-state index in [1.807, 2.05) is 6.92 Å². The van der Waals surface area contributed by atoms with Crippen LogP contribution in [-0.2, 0) is 0 Å². The number of aryl methyl sites for hydroxylation is 1. The van der Waals surface area contributed by atoms with Crippen LogP contribution in [-0.4, -0.2) is 31.6 Å². The van der Waals surface area contributed by atoms with Gasteiger partial charge in [0.15, 0.2) is 5.16 Å². The number of alkyl halides is 3. The largest absolute Gasteiger partial charge is 0.449 e. The number of halogens is 3. The molecule has 1 aromatic carbocycles. The standard InChI is InChI=1S/C16H16Cl3N3O2S/c1-3-25-15-20-10(2)9-12(21-15)24-14(16(17,18)19)22-13(23)11-7-5-4-6-8-11/h4-9,14H,3H2,1-2H3,(H,22,23). The van der Waals surface area contributed by atoms with Gasteiger partial charge in [-0.3, -0.25) is 4.79 Å². The minimum atomic E-state index is -1.89. The van der Waals surface area contributed by atoms with E-state index in [4.69, 9.17) is 39.5 Å². The lowest BCUT2D eigenvalue weighted by atomic mass is 10.2. The molecule has 134 valence electrons. The number of amides is 1. The molecule has 2 rings (SSSR count). The van der Waals surface area contributed by atoms with Crippen LogP contribution >= 0.6 is 46.6 Å². The molecule has 9 heteroatoms. The minimum absolute atomic E-state index is 0.216. The van der Waals surface area contributed by atoms with Gasteiger partial charge in [0, 0.05) is 17.3 Å². The number of thioether (sulfide) groups is 1. The monoisotopic (exact) mass is 419 g/mol. The van der Waals surface area contributed by atoms with Crippen molar-refractivity contribution in [1.29, 1.82) is 0 Å². The molecule has 1 aromatic heterocycles. The summed E-state index contributed by atoms with van der Waals surface area (Å²) in [6, 6.07) is 10.2. The third-order valence-electron chi connectivity index (χ3n) is 2.92. The molecule has 1 unspecified atom stereocenters. The number of aromatic nitrogens is 2. The number of hydrogen-bond acceptors (Lipinski definition) is 5. The summed E-state index contributed by atoms with van der Waals surface area (Å²) in [6.45, 7) is 3.79. The van der Waals surface area contributed by atoms with Crippen LogP contribution < -0.4 is 10.1 Å². The SMILES string of the molecule is CCSc1nc(C)cc(OC(NC(=O)c2ccccc2)C(Cl)(Cl)Cl)n1. The highest BCUT2D eigenvalue weighted by Crippen LogP contribution is 2.32. The lowest BCUT2D eigenvalue weighted by Gasteiger charge is -2.26. The summed E-state index contributed by atoms with van der Waals surface area (Å²) in [7, 11) is 0. The van der Waals surface area contributed by atoms with Crippen LogP contribution in [0.15, 0.2) is 41.6 Å². The topological polar surface area (TPSA) is 64.1 Å². The van der Waals surface area contributed by atoms with Gasteiger partial charge in [-0.2, -0.15) is 4.98 Å². The molecule has 1 N–H and O–H groups in total. The molecule has 1 amide bonds. The molecule has 25 heavy (non-hydrogen) atoms. The molecule has 0 aliphatic carbocycles. The number of hydrogen-bond donors (Lipinski definition) is 1. The van der Waals surface area contributed by atoms with Crippen LogP contribution in [0.2, 0.25) is 0 Å². The van der Waals surface area contributed by atoms with E-state index in [-0.39, 0.29) is 5.88 Å². The van der Waals surface area contributed by atoms with E-state index >= 15 is 0 Å². The molecule has 2 aromatic rings. The normalized spacial score (nSPS) is 12.5. The lowest BCUT2D eigenvalue weighted by Crippen LogP contribution is -2.48. The van der Waals surface area contributed by atoms with Crippen molar-refractivity contribution in [3.63, 3.8) is 0 Å². The quantitative estimate of drug-likeness (QED) is 0.325. The van der Waals surface area contributed by atoms with E-state index in [9.17, 15) is 4.79 Å². The van der Waals surface area contributed by atoms with E-state index in [1.165, 1.54) is 11.8 Å². The summed E-state index contributed by atoms with van der Waals surface area (Å²) in [5.74, 6) is 0.598. The molecule has 0 radical (unpaired) electrons. The zero-order valence-corrected chi connectivity index (χ0v) is 16.6. The number of nitrogens with zero attached hydrogens (tertiary/aromatic N) is 2. The smallest absolute Gasteiger partial charge is 0.254 e. The van der Waals surface area contributed by atoms with Gasteiger partial charge in [-0.25, -0.2) is 4.98 Å². The molecule has 1 atom stereocenters. The number of carbonyl (C=O) groups is 1. The number of ether oxygens (including phenoxy) is 1. The zero-order valence-electron chi connectivity index (χ0n) is 13.5. The molecular formula is C16H16Cl3N3O2S. The van der Waals surface area contributed by atoms with Gasteiger partial charge in [0.25, 0.3) is 5.91 Å². The lowest BCUT2D eigenvalue weighted by molar-refractivity contribution is 0.0824. The van der Waals surface area contributed by atoms with Crippen molar-refractivity contribution >= 4 is 52.5 Å². The molecule has 0 spiro atoms. The summed E-state index contributed by atoms with van der Waals surface area (Å²) in [5.41, 5.74) is 1.13. The van der Waals surface area contributed by atoms with Crippen molar-refractivity contribution in [3.05, 3.63) is 47.7 Å². The number of rotatable bonds is 6. The Kier molecular flexibility index (Phi) is 7.19. The summed E-state index contributed by atoms with van der Waals surface area (Å²) >= 11 is 19.4. The average molecular weight is 421 g/mol. The minimum Gasteiger partial charge on any atom is -0.449 e. The fourth-order valence-electron chi connectivity index (χ4n) is 1.86. The molecule has 5 nitrogen and oxygen atoms in total. The first-order valence-corrected chi connectivity index (χ1v) is 9.49. The van der Waals surface area contributed by atoms with Gasteiger partial charge >= 0.3 is 0 Å². The Bertz CT molecular complexity index is 726. The maximum Gasteiger partial charge on any atom is 0.254 e. The van der Waals surface area contributed by atoms with Gasteiger partial charge in [-0.1, -0.05) is 71.7 Å². The third kappa shape index (κ3) is 6.22. The number of nitrogens with one attached hydrogen (secondary N) is 1. The molecule has 0 saturated carbocycles. The van der Waals surface area contributed by atoms with Gasteiger partial charge in [-0.15, -0.1) is 0 Å². The van der Waals surface area contributed by atoms with Crippen molar-refractivity contribution in [2.75, 3.05) is 5.75 Å². The highest BCUT2D eigenvalue weighted by atomic mass is 35.6. The first-order chi connectivity index (χ1) is 11.8. The molecule has 0 bridgehead atoms. The maximum atomic E-state index is 12.3. The van der Waals surface area contributed by atoms with Gasteiger partial charge < -0.3 is 10.1 Å². The zero-order chi connectivity index (χ0) is 18.4. The Morgan fingerprint density at radius 2 is 1.96 bits per heavy atom. The molecule has 0 fully saturated rings. The van der Waals surface area contributed by atoms with Crippen LogP contribution in [0.5, 0.6) is 5.88 Å². The van der Waals surface area contributed by atoms with E-state index in [2.05, 4.69) is 15.3 Å². The van der Waals surface area contributed by atoms with Crippen molar-refractivity contribution in [3.8, 4) is 5.88 Å². The van der Waals surface area contributed by atoms with Crippen LogP contribution in [0.4, 0.5) is 0 Å². The molecule has 1 heterocycles. The Labute approximate surface area is 165 Å². The van der Waals surface area contributed by atoms with Crippen molar-refractivity contribution in [2.45, 2.75) is 29.0 Å². The molecule has 0 aliphatic rings.